The van der Waals surface area contributed by atoms with Gasteiger partial charge in [0.25, 0.3) is 0 Å². The molecule has 0 saturated carbocycles. The van der Waals surface area contributed by atoms with Gasteiger partial charge >= 0.3 is 0 Å². The Morgan fingerprint density at radius 3 is 2.35 bits per heavy atom. The zero-order valence-corrected chi connectivity index (χ0v) is 14.6. The lowest BCUT2D eigenvalue weighted by atomic mass is 10.0. The van der Waals surface area contributed by atoms with Crippen molar-refractivity contribution in [1.29, 1.82) is 5.26 Å². The van der Waals surface area contributed by atoms with Crippen LogP contribution in [0.3, 0.4) is 0 Å². The molecule has 3 amide bonds. The number of nitrogens with one attached hydrogen (secondary N) is 2. The van der Waals surface area contributed by atoms with E-state index in [0.717, 1.165) is 0 Å². The monoisotopic (exact) mass is 362 g/mol. The lowest BCUT2D eigenvalue weighted by Crippen LogP contribution is -2.53. The van der Waals surface area contributed by atoms with Gasteiger partial charge in [-0.1, -0.05) is 12.1 Å². The van der Waals surface area contributed by atoms with Gasteiger partial charge in [-0.2, -0.15) is 5.26 Å². The average Bonchev–Trinajstić information content (AvgIpc) is 2.58. The van der Waals surface area contributed by atoms with Crippen molar-refractivity contribution in [2.24, 2.45) is 5.73 Å². The van der Waals surface area contributed by atoms with Crippen LogP contribution in [0.4, 0.5) is 4.39 Å². The first kappa shape index (κ1) is 21.1. The van der Waals surface area contributed by atoms with Crippen molar-refractivity contribution in [2.45, 2.75) is 51.1 Å². The fourth-order valence-electron chi connectivity index (χ4n) is 2.42. The van der Waals surface area contributed by atoms with Crippen molar-refractivity contribution >= 4 is 17.7 Å². The first-order valence-corrected chi connectivity index (χ1v) is 8.31. The molecule has 2 atom stereocenters. The quantitative estimate of drug-likeness (QED) is 0.535. The summed E-state index contributed by atoms with van der Waals surface area (Å²) in [5.74, 6) is -2.04. The van der Waals surface area contributed by atoms with Gasteiger partial charge in [0.2, 0.25) is 17.7 Å². The first-order chi connectivity index (χ1) is 12.3. The fourth-order valence-corrected chi connectivity index (χ4v) is 2.42. The molecule has 0 unspecified atom stereocenters. The highest BCUT2D eigenvalue weighted by Gasteiger charge is 2.25. The van der Waals surface area contributed by atoms with E-state index in [-0.39, 0.29) is 6.42 Å². The second-order valence-corrected chi connectivity index (χ2v) is 5.95. The maximum absolute atomic E-state index is 13.0. The molecule has 0 aliphatic heterocycles. The van der Waals surface area contributed by atoms with Crippen molar-refractivity contribution in [3.05, 3.63) is 35.6 Å². The topological polar surface area (TPSA) is 125 Å². The standard InChI is InChI=1S/C18H23FN4O3/c1-12(24)22-16(11-13-6-8-14(19)9-7-13)18(26)23-15(17(21)25)5-3-2-4-10-20/h6-9,15-16H,2-5,11H2,1H3,(H2,21,25)(H,22,24)(H,23,26)/t15-,16-/m1/s1. The molecule has 7 nitrogen and oxygen atoms in total. The summed E-state index contributed by atoms with van der Waals surface area (Å²) in [6.45, 7) is 1.28. The summed E-state index contributed by atoms with van der Waals surface area (Å²) >= 11 is 0. The lowest BCUT2D eigenvalue weighted by molar-refractivity contribution is -0.130. The molecule has 1 rings (SSSR count). The Balaban J connectivity index is 2.76. The molecule has 26 heavy (non-hydrogen) atoms. The minimum atomic E-state index is -0.918. The molecule has 8 heteroatoms. The lowest BCUT2D eigenvalue weighted by Gasteiger charge is -2.21. The normalized spacial score (nSPS) is 12.5. The Morgan fingerprint density at radius 1 is 1.15 bits per heavy atom. The average molecular weight is 362 g/mol. The third kappa shape index (κ3) is 7.75. The van der Waals surface area contributed by atoms with E-state index >= 15 is 0 Å². The number of amides is 3. The summed E-state index contributed by atoms with van der Waals surface area (Å²) in [5.41, 5.74) is 5.98. The third-order valence-electron chi connectivity index (χ3n) is 3.74. The van der Waals surface area contributed by atoms with E-state index in [0.29, 0.717) is 31.2 Å². The number of carbonyl (C=O) groups is 3. The van der Waals surface area contributed by atoms with Gasteiger partial charge in [-0.25, -0.2) is 4.39 Å². The molecule has 0 fully saturated rings. The predicted molar refractivity (Wildman–Crippen MR) is 92.9 cm³/mol. The van der Waals surface area contributed by atoms with Gasteiger partial charge in [-0.15, -0.1) is 0 Å². The number of carbonyl (C=O) groups excluding carboxylic acids is 3. The molecule has 1 aromatic rings. The van der Waals surface area contributed by atoms with Crippen LogP contribution in [0.2, 0.25) is 0 Å². The summed E-state index contributed by atoms with van der Waals surface area (Å²) in [6.07, 6.45) is 1.97. The van der Waals surface area contributed by atoms with Crippen LogP contribution >= 0.6 is 0 Å². The molecule has 140 valence electrons. The zero-order valence-electron chi connectivity index (χ0n) is 14.6. The summed E-state index contributed by atoms with van der Waals surface area (Å²) in [6, 6.07) is 5.77. The van der Waals surface area contributed by atoms with Crippen LogP contribution in [0, 0.1) is 17.1 Å². The summed E-state index contributed by atoms with van der Waals surface area (Å²) in [7, 11) is 0. The highest BCUT2D eigenvalue weighted by Crippen LogP contribution is 2.08. The van der Waals surface area contributed by atoms with Crippen molar-refractivity contribution in [2.75, 3.05) is 0 Å². The summed E-state index contributed by atoms with van der Waals surface area (Å²) in [4.78, 5) is 35.4. The molecule has 0 saturated heterocycles. The Bertz CT molecular complexity index is 670. The molecule has 0 heterocycles. The molecular formula is C18H23FN4O3. The van der Waals surface area contributed by atoms with Crippen LogP contribution < -0.4 is 16.4 Å². The molecule has 0 spiro atoms. The number of rotatable bonds is 10. The minimum absolute atomic E-state index is 0.144. The van der Waals surface area contributed by atoms with E-state index in [1.165, 1.54) is 31.2 Å². The summed E-state index contributed by atoms with van der Waals surface area (Å²) < 4.78 is 13.0. The van der Waals surface area contributed by atoms with Crippen LogP contribution in [0.1, 0.15) is 38.2 Å². The Kier molecular flexibility index (Phi) is 8.78. The van der Waals surface area contributed by atoms with Crippen molar-refractivity contribution in [3.8, 4) is 6.07 Å². The largest absolute Gasteiger partial charge is 0.368 e. The van der Waals surface area contributed by atoms with Crippen molar-refractivity contribution in [1.82, 2.24) is 10.6 Å². The number of unbranched alkanes of at least 4 members (excludes halogenated alkanes) is 2. The van der Waals surface area contributed by atoms with E-state index in [2.05, 4.69) is 10.6 Å². The SMILES string of the molecule is CC(=O)N[C@H](Cc1ccc(F)cc1)C(=O)N[C@H](CCCCC#N)C(N)=O. The molecule has 4 N–H and O–H groups in total. The number of nitriles is 1. The molecule has 1 aromatic carbocycles. The zero-order chi connectivity index (χ0) is 19.5. The predicted octanol–water partition coefficient (Wildman–Crippen LogP) is 0.927. The Morgan fingerprint density at radius 2 is 1.81 bits per heavy atom. The molecular weight excluding hydrogens is 339 g/mol. The maximum atomic E-state index is 13.0. The molecule has 0 aliphatic carbocycles. The van der Waals surface area contributed by atoms with Crippen LogP contribution in [-0.2, 0) is 20.8 Å². The minimum Gasteiger partial charge on any atom is -0.368 e. The number of nitrogens with two attached hydrogens (primary N) is 1. The second-order valence-electron chi connectivity index (χ2n) is 5.95. The smallest absolute Gasteiger partial charge is 0.243 e. The van der Waals surface area contributed by atoms with E-state index in [4.69, 9.17) is 11.0 Å². The number of primary amides is 1. The van der Waals surface area contributed by atoms with Gasteiger partial charge in [0.15, 0.2) is 0 Å². The number of nitrogens with zero attached hydrogens (tertiary/aromatic N) is 1. The van der Waals surface area contributed by atoms with E-state index in [9.17, 15) is 18.8 Å². The fraction of sp³-hybridized carbons (Fsp3) is 0.444. The summed E-state index contributed by atoms with van der Waals surface area (Å²) in [5, 5.41) is 13.6. The molecule has 0 aliphatic rings. The van der Waals surface area contributed by atoms with E-state index in [1.54, 1.807) is 0 Å². The molecule has 0 aromatic heterocycles. The van der Waals surface area contributed by atoms with E-state index in [1.807, 2.05) is 6.07 Å². The van der Waals surface area contributed by atoms with Gasteiger partial charge in [0, 0.05) is 19.8 Å². The van der Waals surface area contributed by atoms with Gasteiger partial charge in [-0.3, -0.25) is 14.4 Å². The van der Waals surface area contributed by atoms with Crippen LogP contribution in [0.15, 0.2) is 24.3 Å². The van der Waals surface area contributed by atoms with E-state index < -0.39 is 35.6 Å². The number of hydrogen-bond acceptors (Lipinski definition) is 4. The highest BCUT2D eigenvalue weighted by atomic mass is 19.1. The van der Waals surface area contributed by atoms with Gasteiger partial charge in [0.05, 0.1) is 6.07 Å². The number of hydrogen-bond donors (Lipinski definition) is 3. The van der Waals surface area contributed by atoms with Gasteiger partial charge in [-0.05, 0) is 37.0 Å². The van der Waals surface area contributed by atoms with Gasteiger partial charge in [0.1, 0.15) is 17.9 Å². The molecule has 0 radical (unpaired) electrons. The second kappa shape index (κ2) is 10.8. The molecule has 0 bridgehead atoms. The highest BCUT2D eigenvalue weighted by molar-refractivity contribution is 5.91. The van der Waals surface area contributed by atoms with Crippen molar-refractivity contribution in [3.63, 3.8) is 0 Å². The maximum Gasteiger partial charge on any atom is 0.243 e. The Hall–Kier alpha value is -2.95. The van der Waals surface area contributed by atoms with Crippen LogP contribution in [-0.4, -0.2) is 29.8 Å². The van der Waals surface area contributed by atoms with Crippen LogP contribution in [0.5, 0.6) is 0 Å². The number of halogens is 1. The van der Waals surface area contributed by atoms with Crippen molar-refractivity contribution < 1.29 is 18.8 Å². The first-order valence-electron chi connectivity index (χ1n) is 8.31. The third-order valence-corrected chi connectivity index (χ3v) is 3.74. The van der Waals surface area contributed by atoms with Crippen LogP contribution in [0.25, 0.3) is 0 Å². The Labute approximate surface area is 151 Å². The number of benzene rings is 1. The van der Waals surface area contributed by atoms with Gasteiger partial charge < -0.3 is 16.4 Å².